The minimum absolute atomic E-state index is 0.0207. The van der Waals surface area contributed by atoms with E-state index in [1.165, 1.54) is 6.07 Å². The second-order valence-corrected chi connectivity index (χ2v) is 3.29. The van der Waals surface area contributed by atoms with Gasteiger partial charge in [0.25, 0.3) is 0 Å². The van der Waals surface area contributed by atoms with Crippen LogP contribution in [0.5, 0.6) is 0 Å². The molecule has 0 N–H and O–H groups in total. The molecule has 0 aliphatic carbocycles. The third kappa shape index (κ3) is 2.25. The highest BCUT2D eigenvalue weighted by Crippen LogP contribution is 2.24. The van der Waals surface area contributed by atoms with Gasteiger partial charge in [-0.3, -0.25) is 0 Å². The van der Waals surface area contributed by atoms with E-state index < -0.39 is 16.6 Å². The number of nitro groups is 1. The average molecular weight is 236 g/mol. The molecule has 0 atom stereocenters. The molecule has 0 fully saturated rings. The highest BCUT2D eigenvalue weighted by molar-refractivity contribution is 5.63. The Hall–Kier alpha value is -2.37. The van der Waals surface area contributed by atoms with Crippen LogP contribution in [0.15, 0.2) is 36.5 Å². The summed E-state index contributed by atoms with van der Waals surface area (Å²) in [6, 6.07) is 5.46. The molecular weight excluding hydrogens is 230 g/mol. The van der Waals surface area contributed by atoms with Crippen molar-refractivity contribution in [3.8, 4) is 11.1 Å². The zero-order chi connectivity index (χ0) is 12.4. The standard InChI is InChI=1S/C11H6F2N2O2/c12-8-2-3-10(13)9(5-8)7-1-4-11(14-6-7)15(16)17/h1-6H. The van der Waals surface area contributed by atoms with Crippen molar-refractivity contribution >= 4 is 5.82 Å². The van der Waals surface area contributed by atoms with Crippen LogP contribution < -0.4 is 0 Å². The van der Waals surface area contributed by atoms with Gasteiger partial charge >= 0.3 is 5.82 Å². The zero-order valence-electron chi connectivity index (χ0n) is 8.43. The number of halogens is 2. The van der Waals surface area contributed by atoms with Gasteiger partial charge in [-0.25, -0.2) is 8.78 Å². The van der Waals surface area contributed by atoms with Gasteiger partial charge in [-0.05, 0) is 34.2 Å². The van der Waals surface area contributed by atoms with Gasteiger partial charge in [0.15, 0.2) is 0 Å². The van der Waals surface area contributed by atoms with E-state index in [1.807, 2.05) is 0 Å². The van der Waals surface area contributed by atoms with Crippen molar-refractivity contribution in [2.24, 2.45) is 0 Å². The maximum atomic E-state index is 13.4. The predicted molar refractivity (Wildman–Crippen MR) is 56.2 cm³/mol. The van der Waals surface area contributed by atoms with Gasteiger partial charge in [-0.1, -0.05) is 0 Å². The van der Waals surface area contributed by atoms with Crippen LogP contribution in [0.2, 0.25) is 0 Å². The Balaban J connectivity index is 2.46. The molecule has 0 radical (unpaired) electrons. The predicted octanol–water partition coefficient (Wildman–Crippen LogP) is 2.94. The molecule has 2 rings (SSSR count). The molecule has 0 bridgehead atoms. The van der Waals surface area contributed by atoms with E-state index in [1.54, 1.807) is 0 Å². The number of nitrogens with zero attached hydrogens (tertiary/aromatic N) is 2. The Labute approximate surface area is 94.7 Å². The number of hydrogen-bond donors (Lipinski definition) is 0. The van der Waals surface area contributed by atoms with Crippen molar-refractivity contribution in [3.05, 3.63) is 58.3 Å². The summed E-state index contributed by atoms with van der Waals surface area (Å²) in [5, 5.41) is 10.4. The minimum atomic E-state index is -0.661. The molecule has 4 nitrogen and oxygen atoms in total. The third-order valence-corrected chi connectivity index (χ3v) is 2.17. The van der Waals surface area contributed by atoms with Crippen LogP contribution in [-0.2, 0) is 0 Å². The van der Waals surface area contributed by atoms with Crippen LogP contribution in [0.4, 0.5) is 14.6 Å². The molecule has 0 aliphatic rings. The lowest BCUT2D eigenvalue weighted by Crippen LogP contribution is -1.92. The molecule has 0 spiro atoms. The Morgan fingerprint density at radius 1 is 1.18 bits per heavy atom. The monoisotopic (exact) mass is 236 g/mol. The van der Waals surface area contributed by atoms with Crippen molar-refractivity contribution in [1.82, 2.24) is 4.98 Å². The zero-order valence-corrected chi connectivity index (χ0v) is 8.43. The lowest BCUT2D eigenvalue weighted by molar-refractivity contribution is -0.389. The van der Waals surface area contributed by atoms with Crippen LogP contribution in [0, 0.1) is 21.7 Å². The normalized spacial score (nSPS) is 10.2. The number of hydrogen-bond acceptors (Lipinski definition) is 3. The summed E-state index contributed by atoms with van der Waals surface area (Å²) >= 11 is 0. The second kappa shape index (κ2) is 4.25. The first-order valence-electron chi connectivity index (χ1n) is 4.64. The first kappa shape index (κ1) is 11.1. The largest absolute Gasteiger partial charge is 0.363 e. The van der Waals surface area contributed by atoms with Gasteiger partial charge in [0.1, 0.15) is 17.8 Å². The highest BCUT2D eigenvalue weighted by atomic mass is 19.1. The fourth-order valence-electron chi connectivity index (χ4n) is 1.37. The van der Waals surface area contributed by atoms with Gasteiger partial charge in [0.05, 0.1) is 0 Å². The number of benzene rings is 1. The van der Waals surface area contributed by atoms with Crippen molar-refractivity contribution in [3.63, 3.8) is 0 Å². The number of pyridine rings is 1. The third-order valence-electron chi connectivity index (χ3n) is 2.17. The molecule has 2 aromatic rings. The Morgan fingerprint density at radius 2 is 1.94 bits per heavy atom. The summed E-state index contributed by atoms with van der Waals surface area (Å²) in [5.74, 6) is -1.53. The van der Waals surface area contributed by atoms with Crippen LogP contribution in [0.1, 0.15) is 0 Å². The smallest absolute Gasteiger partial charge is 0.358 e. The SMILES string of the molecule is O=[N+]([O-])c1ccc(-c2cc(F)ccc2F)cn1. The van der Waals surface area contributed by atoms with Gasteiger partial charge in [-0.15, -0.1) is 0 Å². The van der Waals surface area contributed by atoms with Gasteiger partial charge in [0.2, 0.25) is 0 Å². The molecular formula is C11H6F2N2O2. The summed E-state index contributed by atoms with van der Waals surface area (Å²) < 4.78 is 26.3. The number of rotatable bonds is 2. The van der Waals surface area contributed by atoms with Crippen molar-refractivity contribution in [2.45, 2.75) is 0 Å². The molecule has 0 saturated carbocycles. The van der Waals surface area contributed by atoms with Crippen molar-refractivity contribution in [1.29, 1.82) is 0 Å². The van der Waals surface area contributed by atoms with E-state index in [9.17, 15) is 18.9 Å². The Morgan fingerprint density at radius 3 is 2.53 bits per heavy atom. The summed E-state index contributed by atoms with van der Waals surface area (Å²) in [6.07, 6.45) is 1.13. The van der Waals surface area contributed by atoms with E-state index in [0.717, 1.165) is 30.5 Å². The quantitative estimate of drug-likeness (QED) is 0.595. The molecule has 6 heteroatoms. The molecule has 0 amide bonds. The van der Waals surface area contributed by atoms with Crippen LogP contribution in [0.3, 0.4) is 0 Å². The van der Waals surface area contributed by atoms with Crippen molar-refractivity contribution < 1.29 is 13.7 Å². The lowest BCUT2D eigenvalue weighted by atomic mass is 10.1. The molecule has 0 unspecified atom stereocenters. The van der Waals surface area contributed by atoms with Crippen molar-refractivity contribution in [2.75, 3.05) is 0 Å². The van der Waals surface area contributed by atoms with Gasteiger partial charge in [-0.2, -0.15) is 0 Å². The fourth-order valence-corrected chi connectivity index (χ4v) is 1.37. The van der Waals surface area contributed by atoms with Crippen LogP contribution in [0.25, 0.3) is 11.1 Å². The number of aromatic nitrogens is 1. The maximum absolute atomic E-state index is 13.4. The van der Waals surface area contributed by atoms with Gasteiger partial charge < -0.3 is 10.1 Å². The lowest BCUT2D eigenvalue weighted by Gasteiger charge is -2.01. The minimum Gasteiger partial charge on any atom is -0.358 e. The summed E-state index contributed by atoms with van der Waals surface area (Å²) in [4.78, 5) is 13.3. The molecule has 17 heavy (non-hydrogen) atoms. The molecule has 1 aromatic carbocycles. The van der Waals surface area contributed by atoms with E-state index >= 15 is 0 Å². The Bertz CT molecular complexity index is 570. The van der Waals surface area contributed by atoms with E-state index in [2.05, 4.69) is 4.98 Å². The highest BCUT2D eigenvalue weighted by Gasteiger charge is 2.11. The molecule has 1 aromatic heterocycles. The maximum Gasteiger partial charge on any atom is 0.363 e. The van der Waals surface area contributed by atoms with Crippen LogP contribution >= 0.6 is 0 Å². The second-order valence-electron chi connectivity index (χ2n) is 3.29. The molecule has 1 heterocycles. The molecule has 0 aliphatic heterocycles. The fraction of sp³-hybridized carbons (Fsp3) is 0. The Kier molecular flexibility index (Phi) is 2.78. The molecule has 0 saturated heterocycles. The van der Waals surface area contributed by atoms with E-state index in [0.29, 0.717) is 0 Å². The first-order chi connectivity index (χ1) is 8.08. The van der Waals surface area contributed by atoms with Crippen LogP contribution in [-0.4, -0.2) is 9.91 Å². The van der Waals surface area contributed by atoms with E-state index in [-0.39, 0.29) is 16.9 Å². The van der Waals surface area contributed by atoms with E-state index in [4.69, 9.17) is 0 Å². The van der Waals surface area contributed by atoms with Gasteiger partial charge in [0, 0.05) is 17.2 Å². The molecule has 86 valence electrons. The average Bonchev–Trinajstić information content (AvgIpc) is 2.32. The first-order valence-corrected chi connectivity index (χ1v) is 4.64. The summed E-state index contributed by atoms with van der Waals surface area (Å²) in [6.45, 7) is 0. The topological polar surface area (TPSA) is 56.0 Å². The summed E-state index contributed by atoms with van der Waals surface area (Å²) in [7, 11) is 0. The summed E-state index contributed by atoms with van der Waals surface area (Å²) in [5.41, 5.74) is 0.306.